The highest BCUT2D eigenvalue weighted by Gasteiger charge is 2.06. The monoisotopic (exact) mass is 268 g/mol. The van der Waals surface area contributed by atoms with Crippen molar-refractivity contribution in [2.75, 3.05) is 45.2 Å². The fraction of sp³-hybridized carbons (Fsp3) is 0.571. The Morgan fingerprint density at radius 3 is 2.37 bits per heavy atom. The molecule has 0 aliphatic heterocycles. The third-order valence-electron chi connectivity index (χ3n) is 2.92. The van der Waals surface area contributed by atoms with E-state index in [-0.39, 0.29) is 13.2 Å². The zero-order valence-electron chi connectivity index (χ0n) is 11.5. The summed E-state index contributed by atoms with van der Waals surface area (Å²) in [6, 6.07) is 5.80. The fourth-order valence-electron chi connectivity index (χ4n) is 1.95. The SMILES string of the molecule is CCOc1ccc(CCN(CCO)CCO)cc1N. The molecule has 1 aromatic rings. The summed E-state index contributed by atoms with van der Waals surface area (Å²) in [6.45, 7) is 4.67. The maximum atomic E-state index is 8.94. The van der Waals surface area contributed by atoms with E-state index in [0.29, 0.717) is 31.1 Å². The van der Waals surface area contributed by atoms with Crippen molar-refractivity contribution in [3.8, 4) is 5.75 Å². The number of aliphatic hydroxyl groups is 2. The lowest BCUT2D eigenvalue weighted by Crippen LogP contribution is -2.31. The zero-order chi connectivity index (χ0) is 14.1. The van der Waals surface area contributed by atoms with E-state index in [1.54, 1.807) is 0 Å². The highest BCUT2D eigenvalue weighted by Crippen LogP contribution is 2.22. The van der Waals surface area contributed by atoms with Gasteiger partial charge in [0.1, 0.15) is 5.75 Å². The molecule has 5 nitrogen and oxygen atoms in total. The van der Waals surface area contributed by atoms with Gasteiger partial charge >= 0.3 is 0 Å². The number of hydrogen-bond donors (Lipinski definition) is 3. The number of hydrogen-bond acceptors (Lipinski definition) is 5. The average Bonchev–Trinajstić information content (AvgIpc) is 2.39. The van der Waals surface area contributed by atoms with Crippen LogP contribution in [-0.4, -0.2) is 54.6 Å². The molecule has 0 atom stereocenters. The van der Waals surface area contributed by atoms with Crippen molar-refractivity contribution in [2.45, 2.75) is 13.3 Å². The van der Waals surface area contributed by atoms with Crippen LogP contribution in [0.15, 0.2) is 18.2 Å². The van der Waals surface area contributed by atoms with Crippen LogP contribution in [0.1, 0.15) is 12.5 Å². The van der Waals surface area contributed by atoms with E-state index in [1.807, 2.05) is 30.0 Å². The van der Waals surface area contributed by atoms with Gasteiger partial charge in [-0.2, -0.15) is 0 Å². The molecule has 108 valence electrons. The first-order valence-electron chi connectivity index (χ1n) is 6.66. The van der Waals surface area contributed by atoms with Crippen LogP contribution >= 0.6 is 0 Å². The summed E-state index contributed by atoms with van der Waals surface area (Å²) < 4.78 is 5.39. The highest BCUT2D eigenvalue weighted by atomic mass is 16.5. The second-order valence-corrected chi connectivity index (χ2v) is 4.34. The Balaban J connectivity index is 2.54. The normalized spacial score (nSPS) is 10.9. The summed E-state index contributed by atoms with van der Waals surface area (Å²) in [5, 5.41) is 17.9. The molecule has 0 aliphatic carbocycles. The Morgan fingerprint density at radius 2 is 1.84 bits per heavy atom. The molecular formula is C14H24N2O3. The number of nitrogens with zero attached hydrogens (tertiary/aromatic N) is 1. The summed E-state index contributed by atoms with van der Waals surface area (Å²) in [5.41, 5.74) is 7.69. The standard InChI is InChI=1S/C14H24N2O3/c1-2-19-14-4-3-12(11-13(14)15)5-6-16(7-9-17)8-10-18/h3-4,11,17-18H,2,5-10,15H2,1H3. The van der Waals surface area contributed by atoms with Gasteiger partial charge in [-0.25, -0.2) is 0 Å². The Morgan fingerprint density at radius 1 is 1.16 bits per heavy atom. The molecule has 0 bridgehead atoms. The van der Waals surface area contributed by atoms with Gasteiger partial charge in [-0.1, -0.05) is 6.07 Å². The van der Waals surface area contributed by atoms with Crippen LogP contribution in [0.2, 0.25) is 0 Å². The quantitative estimate of drug-likeness (QED) is 0.568. The Bertz CT molecular complexity index is 366. The number of nitrogens with two attached hydrogens (primary N) is 1. The lowest BCUT2D eigenvalue weighted by Gasteiger charge is -2.20. The largest absolute Gasteiger partial charge is 0.492 e. The first-order valence-corrected chi connectivity index (χ1v) is 6.66. The number of aliphatic hydroxyl groups excluding tert-OH is 2. The van der Waals surface area contributed by atoms with Crippen LogP contribution < -0.4 is 10.5 Å². The molecule has 0 amide bonds. The molecule has 4 N–H and O–H groups in total. The number of nitrogen functional groups attached to an aromatic ring is 1. The van der Waals surface area contributed by atoms with Gasteiger partial charge < -0.3 is 20.7 Å². The molecule has 0 spiro atoms. The highest BCUT2D eigenvalue weighted by molar-refractivity contribution is 5.54. The Labute approximate surface area is 114 Å². The van der Waals surface area contributed by atoms with E-state index in [9.17, 15) is 0 Å². The number of anilines is 1. The van der Waals surface area contributed by atoms with Crippen molar-refractivity contribution in [3.63, 3.8) is 0 Å². The van der Waals surface area contributed by atoms with Crippen LogP contribution in [0, 0.1) is 0 Å². The Hall–Kier alpha value is -1.30. The lowest BCUT2D eigenvalue weighted by atomic mass is 10.1. The number of benzene rings is 1. The minimum atomic E-state index is 0.103. The van der Waals surface area contributed by atoms with E-state index in [2.05, 4.69) is 0 Å². The summed E-state index contributed by atoms with van der Waals surface area (Å²) >= 11 is 0. The molecule has 0 saturated heterocycles. The van der Waals surface area contributed by atoms with Gasteiger partial charge in [-0.05, 0) is 31.0 Å². The van der Waals surface area contributed by atoms with Crippen molar-refractivity contribution < 1.29 is 14.9 Å². The van der Waals surface area contributed by atoms with E-state index in [0.717, 1.165) is 18.5 Å². The maximum Gasteiger partial charge on any atom is 0.142 e. The molecule has 0 radical (unpaired) electrons. The smallest absolute Gasteiger partial charge is 0.142 e. The van der Waals surface area contributed by atoms with Gasteiger partial charge in [0.2, 0.25) is 0 Å². The van der Waals surface area contributed by atoms with Crippen molar-refractivity contribution in [1.82, 2.24) is 4.90 Å². The fourth-order valence-corrected chi connectivity index (χ4v) is 1.95. The minimum absolute atomic E-state index is 0.103. The van der Waals surface area contributed by atoms with Crippen LogP contribution in [0.25, 0.3) is 0 Å². The third-order valence-corrected chi connectivity index (χ3v) is 2.92. The van der Waals surface area contributed by atoms with Crippen LogP contribution in [0.3, 0.4) is 0 Å². The van der Waals surface area contributed by atoms with Crippen molar-refractivity contribution in [2.24, 2.45) is 0 Å². The van der Waals surface area contributed by atoms with Crippen LogP contribution in [0.4, 0.5) is 5.69 Å². The van der Waals surface area contributed by atoms with Gasteiger partial charge in [0.05, 0.1) is 25.5 Å². The molecule has 0 heterocycles. The number of rotatable bonds is 9. The maximum absolute atomic E-state index is 8.94. The first kappa shape index (κ1) is 15.8. The summed E-state index contributed by atoms with van der Waals surface area (Å²) in [7, 11) is 0. The molecule has 5 heteroatoms. The minimum Gasteiger partial charge on any atom is -0.492 e. The predicted octanol–water partition coefficient (Wildman–Crippen LogP) is 0.497. The summed E-state index contributed by atoms with van der Waals surface area (Å²) in [4.78, 5) is 2.02. The van der Waals surface area contributed by atoms with E-state index in [4.69, 9.17) is 20.7 Å². The second kappa shape index (κ2) is 8.74. The molecule has 1 rings (SSSR count). The van der Waals surface area contributed by atoms with Gasteiger partial charge in [0.15, 0.2) is 0 Å². The van der Waals surface area contributed by atoms with Crippen molar-refractivity contribution in [3.05, 3.63) is 23.8 Å². The van der Waals surface area contributed by atoms with Gasteiger partial charge in [0, 0.05) is 19.6 Å². The first-order chi connectivity index (χ1) is 9.21. The van der Waals surface area contributed by atoms with Crippen LogP contribution in [0.5, 0.6) is 5.75 Å². The molecule has 0 aromatic heterocycles. The molecule has 0 fully saturated rings. The van der Waals surface area contributed by atoms with E-state index < -0.39 is 0 Å². The molecule has 0 aliphatic rings. The van der Waals surface area contributed by atoms with E-state index in [1.165, 1.54) is 0 Å². The van der Waals surface area contributed by atoms with Gasteiger partial charge in [-0.15, -0.1) is 0 Å². The second-order valence-electron chi connectivity index (χ2n) is 4.34. The molecule has 19 heavy (non-hydrogen) atoms. The van der Waals surface area contributed by atoms with Crippen molar-refractivity contribution >= 4 is 5.69 Å². The molecule has 1 aromatic carbocycles. The summed E-state index contributed by atoms with van der Waals surface area (Å²) in [5.74, 6) is 0.717. The van der Waals surface area contributed by atoms with Crippen LogP contribution in [-0.2, 0) is 6.42 Å². The average molecular weight is 268 g/mol. The molecular weight excluding hydrogens is 244 g/mol. The van der Waals surface area contributed by atoms with Gasteiger partial charge in [0.25, 0.3) is 0 Å². The summed E-state index contributed by atoms with van der Waals surface area (Å²) in [6.07, 6.45) is 0.830. The molecule has 0 saturated carbocycles. The Kier molecular flexibility index (Phi) is 7.25. The third kappa shape index (κ3) is 5.46. The van der Waals surface area contributed by atoms with Crippen molar-refractivity contribution in [1.29, 1.82) is 0 Å². The van der Waals surface area contributed by atoms with E-state index >= 15 is 0 Å². The van der Waals surface area contributed by atoms with Gasteiger partial charge in [-0.3, -0.25) is 4.90 Å². The number of ether oxygens (including phenoxy) is 1. The topological polar surface area (TPSA) is 79.0 Å². The zero-order valence-corrected chi connectivity index (χ0v) is 11.5. The predicted molar refractivity (Wildman–Crippen MR) is 76.3 cm³/mol. The lowest BCUT2D eigenvalue weighted by molar-refractivity contribution is 0.162. The molecule has 0 unspecified atom stereocenters.